The Balaban J connectivity index is 1.53. The average Bonchev–Trinajstić information content (AvgIpc) is 2.96. The smallest absolute Gasteiger partial charge is 0.222 e. The molecular formula is C25H43NO2. The SMILES string of the molecule is CC(C)CCO[C@H]1C[C@H]2C3C(C)C[C@H]4N(C)C(=O)CC[C@]4(C)[C@H]3CC[C@]2(C)C1. The maximum atomic E-state index is 12.4. The molecule has 3 heteroatoms. The van der Waals surface area contributed by atoms with Crippen molar-refractivity contribution in [2.45, 2.75) is 98.1 Å². The molecule has 28 heavy (non-hydrogen) atoms. The highest BCUT2D eigenvalue weighted by Crippen LogP contribution is 2.66. The number of ether oxygens (including phenoxy) is 1. The molecule has 3 nitrogen and oxygen atoms in total. The Bertz CT molecular complexity index is 603. The number of carbonyl (C=O) groups excluding carboxylic acids is 1. The van der Waals surface area contributed by atoms with Crippen molar-refractivity contribution in [1.29, 1.82) is 0 Å². The van der Waals surface area contributed by atoms with Gasteiger partial charge in [-0.25, -0.2) is 0 Å². The van der Waals surface area contributed by atoms with Gasteiger partial charge in [0.2, 0.25) is 5.91 Å². The van der Waals surface area contributed by atoms with Crippen LogP contribution < -0.4 is 0 Å². The van der Waals surface area contributed by atoms with E-state index in [1.807, 2.05) is 0 Å². The Morgan fingerprint density at radius 3 is 2.64 bits per heavy atom. The average molecular weight is 390 g/mol. The number of piperidine rings is 1. The van der Waals surface area contributed by atoms with Gasteiger partial charge in [0.05, 0.1) is 6.10 Å². The molecule has 2 unspecified atom stereocenters. The van der Waals surface area contributed by atoms with Gasteiger partial charge >= 0.3 is 0 Å². The lowest BCUT2D eigenvalue weighted by molar-refractivity contribution is -0.164. The van der Waals surface area contributed by atoms with Crippen LogP contribution >= 0.6 is 0 Å². The second-order valence-corrected chi connectivity index (χ2v) is 11.8. The van der Waals surface area contributed by atoms with Crippen molar-refractivity contribution >= 4 is 5.91 Å². The van der Waals surface area contributed by atoms with Gasteiger partial charge in [0.25, 0.3) is 0 Å². The van der Waals surface area contributed by atoms with Crippen molar-refractivity contribution in [2.24, 2.45) is 40.4 Å². The highest BCUT2D eigenvalue weighted by Gasteiger charge is 2.62. The predicted molar refractivity (Wildman–Crippen MR) is 114 cm³/mol. The van der Waals surface area contributed by atoms with Crippen molar-refractivity contribution in [3.05, 3.63) is 0 Å². The first-order valence-electron chi connectivity index (χ1n) is 12.0. The highest BCUT2D eigenvalue weighted by molar-refractivity contribution is 5.77. The first-order valence-corrected chi connectivity index (χ1v) is 12.0. The Morgan fingerprint density at radius 1 is 1.18 bits per heavy atom. The Labute approximate surface area is 173 Å². The predicted octanol–water partition coefficient (Wildman–Crippen LogP) is 5.53. The Hall–Kier alpha value is -0.570. The molecule has 1 aliphatic heterocycles. The van der Waals surface area contributed by atoms with E-state index in [1.54, 1.807) is 0 Å². The summed E-state index contributed by atoms with van der Waals surface area (Å²) in [6.07, 6.45) is 9.97. The molecule has 3 saturated carbocycles. The third kappa shape index (κ3) is 3.24. The van der Waals surface area contributed by atoms with Gasteiger partial charge in [-0.2, -0.15) is 0 Å². The molecule has 1 saturated heterocycles. The van der Waals surface area contributed by atoms with E-state index in [0.29, 0.717) is 28.9 Å². The third-order valence-corrected chi connectivity index (χ3v) is 9.71. The molecule has 0 aromatic rings. The van der Waals surface area contributed by atoms with E-state index < -0.39 is 0 Å². The van der Waals surface area contributed by atoms with E-state index in [0.717, 1.165) is 49.0 Å². The fourth-order valence-corrected chi connectivity index (χ4v) is 8.05. The lowest BCUT2D eigenvalue weighted by atomic mass is 9.45. The number of fused-ring (bicyclic) bond motifs is 5. The molecule has 3 aliphatic carbocycles. The van der Waals surface area contributed by atoms with E-state index in [9.17, 15) is 4.79 Å². The summed E-state index contributed by atoms with van der Waals surface area (Å²) in [6.45, 7) is 13.1. The van der Waals surface area contributed by atoms with Gasteiger partial charge in [0.1, 0.15) is 0 Å². The van der Waals surface area contributed by atoms with Gasteiger partial charge in [0, 0.05) is 26.1 Å². The number of amides is 1. The van der Waals surface area contributed by atoms with Crippen molar-refractivity contribution in [1.82, 2.24) is 4.90 Å². The maximum Gasteiger partial charge on any atom is 0.222 e. The highest BCUT2D eigenvalue weighted by atomic mass is 16.5. The van der Waals surface area contributed by atoms with E-state index in [4.69, 9.17) is 4.74 Å². The monoisotopic (exact) mass is 389 g/mol. The summed E-state index contributed by atoms with van der Waals surface area (Å²) >= 11 is 0. The molecule has 4 aliphatic rings. The molecule has 0 radical (unpaired) electrons. The van der Waals surface area contributed by atoms with Gasteiger partial charge in [-0.15, -0.1) is 0 Å². The van der Waals surface area contributed by atoms with Crippen molar-refractivity contribution in [2.75, 3.05) is 13.7 Å². The molecule has 0 N–H and O–H groups in total. The minimum Gasteiger partial charge on any atom is -0.378 e. The number of nitrogens with zero attached hydrogens (tertiary/aromatic N) is 1. The minimum atomic E-state index is 0.317. The zero-order valence-electron chi connectivity index (χ0n) is 19.2. The first kappa shape index (κ1) is 20.7. The fourth-order valence-electron chi connectivity index (χ4n) is 8.05. The van der Waals surface area contributed by atoms with E-state index in [2.05, 4.69) is 46.6 Å². The topological polar surface area (TPSA) is 29.5 Å². The Kier molecular flexibility index (Phi) is 5.39. The van der Waals surface area contributed by atoms with E-state index in [1.165, 1.54) is 38.5 Å². The van der Waals surface area contributed by atoms with Gasteiger partial charge in [0.15, 0.2) is 0 Å². The van der Waals surface area contributed by atoms with Gasteiger partial charge in [-0.1, -0.05) is 34.6 Å². The number of hydrogen-bond donors (Lipinski definition) is 0. The molecule has 4 rings (SSSR count). The molecule has 1 amide bonds. The van der Waals surface area contributed by atoms with Crippen molar-refractivity contribution in [3.63, 3.8) is 0 Å². The second kappa shape index (κ2) is 7.29. The second-order valence-electron chi connectivity index (χ2n) is 11.8. The van der Waals surface area contributed by atoms with Crippen LogP contribution in [0.5, 0.6) is 0 Å². The largest absolute Gasteiger partial charge is 0.378 e. The summed E-state index contributed by atoms with van der Waals surface area (Å²) < 4.78 is 6.40. The molecule has 8 atom stereocenters. The van der Waals surface area contributed by atoms with Crippen LogP contribution in [0.3, 0.4) is 0 Å². The summed E-state index contributed by atoms with van der Waals surface area (Å²) in [5, 5.41) is 0. The molecule has 0 aromatic heterocycles. The quantitative estimate of drug-likeness (QED) is 0.633. The van der Waals surface area contributed by atoms with Crippen LogP contribution in [-0.2, 0) is 9.53 Å². The molecule has 1 heterocycles. The van der Waals surface area contributed by atoms with E-state index in [-0.39, 0.29) is 0 Å². The number of likely N-dealkylation sites (tertiary alicyclic amines) is 1. The van der Waals surface area contributed by atoms with Crippen LogP contribution in [0.1, 0.15) is 86.0 Å². The zero-order chi connectivity index (χ0) is 20.3. The van der Waals surface area contributed by atoms with Gasteiger partial charge in [-0.3, -0.25) is 4.79 Å². The number of rotatable bonds is 4. The summed E-state index contributed by atoms with van der Waals surface area (Å²) in [6, 6.07) is 0.453. The van der Waals surface area contributed by atoms with Gasteiger partial charge in [-0.05, 0) is 85.4 Å². The van der Waals surface area contributed by atoms with Crippen LogP contribution in [0.2, 0.25) is 0 Å². The Morgan fingerprint density at radius 2 is 1.93 bits per heavy atom. The zero-order valence-corrected chi connectivity index (χ0v) is 19.2. The normalized spacial score (nSPS) is 48.4. The van der Waals surface area contributed by atoms with Crippen LogP contribution in [0, 0.1) is 40.4 Å². The maximum absolute atomic E-state index is 12.4. The first-order chi connectivity index (χ1) is 13.2. The molecule has 160 valence electrons. The number of carbonyl (C=O) groups is 1. The molecule has 0 spiro atoms. The third-order valence-electron chi connectivity index (χ3n) is 9.71. The lowest BCUT2D eigenvalue weighted by Crippen LogP contribution is -2.62. The van der Waals surface area contributed by atoms with Crippen LogP contribution in [0.25, 0.3) is 0 Å². The summed E-state index contributed by atoms with van der Waals surface area (Å²) in [5.74, 6) is 4.23. The van der Waals surface area contributed by atoms with Crippen molar-refractivity contribution in [3.8, 4) is 0 Å². The molecule has 0 bridgehead atoms. The van der Waals surface area contributed by atoms with Crippen LogP contribution in [0.4, 0.5) is 0 Å². The molecular weight excluding hydrogens is 346 g/mol. The lowest BCUT2D eigenvalue weighted by Gasteiger charge is -2.63. The standard InChI is InChI=1S/C25H43NO2/c1-16(2)9-12-28-18-14-20-23-17(3)13-21-25(5,11-8-22(27)26(21)6)19(23)7-10-24(20,4)15-18/h16-21,23H,7-15H2,1-6H3/t17?,18-,19-,20-,21+,23?,24+,25+/m0/s1. The fraction of sp³-hybridized carbons (Fsp3) is 0.960. The summed E-state index contributed by atoms with van der Waals surface area (Å²) in [7, 11) is 2.07. The number of hydrogen-bond acceptors (Lipinski definition) is 2. The van der Waals surface area contributed by atoms with Crippen LogP contribution in [0.15, 0.2) is 0 Å². The minimum absolute atomic E-state index is 0.317. The molecule has 4 fully saturated rings. The summed E-state index contributed by atoms with van der Waals surface area (Å²) in [4.78, 5) is 14.5. The summed E-state index contributed by atoms with van der Waals surface area (Å²) in [5.41, 5.74) is 0.787. The molecule has 0 aromatic carbocycles. The van der Waals surface area contributed by atoms with Crippen LogP contribution in [-0.4, -0.2) is 36.6 Å². The van der Waals surface area contributed by atoms with Gasteiger partial charge < -0.3 is 9.64 Å². The van der Waals surface area contributed by atoms with E-state index >= 15 is 0 Å². The van der Waals surface area contributed by atoms with Crippen molar-refractivity contribution < 1.29 is 9.53 Å².